The summed E-state index contributed by atoms with van der Waals surface area (Å²) in [7, 11) is 1.54. The van der Waals surface area contributed by atoms with E-state index in [1.165, 1.54) is 12.1 Å². The van der Waals surface area contributed by atoms with Gasteiger partial charge in [-0.25, -0.2) is 4.39 Å². The Morgan fingerprint density at radius 2 is 2.07 bits per heavy atom. The Balaban J connectivity index is 2.67. The quantitative estimate of drug-likeness (QED) is 0.677. The maximum Gasteiger partial charge on any atom is 0.164 e. The molecule has 0 spiro atoms. The molecular formula is C11H15FO2. The Morgan fingerprint density at radius 3 is 2.71 bits per heavy atom. The third kappa shape index (κ3) is 2.91. The predicted molar refractivity (Wildman–Crippen MR) is 53.4 cm³/mol. The monoisotopic (exact) mass is 198 g/mol. The first-order chi connectivity index (χ1) is 6.77. The highest BCUT2D eigenvalue weighted by Gasteiger charge is 2.04. The van der Waals surface area contributed by atoms with Gasteiger partial charge < -0.3 is 9.47 Å². The van der Waals surface area contributed by atoms with E-state index >= 15 is 0 Å². The number of rotatable bonds is 5. The molecule has 0 fully saturated rings. The van der Waals surface area contributed by atoms with Gasteiger partial charge in [0.15, 0.2) is 11.5 Å². The molecule has 0 N–H and O–H groups in total. The molecule has 78 valence electrons. The fourth-order valence-corrected chi connectivity index (χ4v) is 1.09. The maximum absolute atomic E-state index is 12.9. The van der Waals surface area contributed by atoms with E-state index in [9.17, 15) is 4.39 Å². The molecule has 0 aliphatic carbocycles. The summed E-state index contributed by atoms with van der Waals surface area (Å²) in [5.74, 6) is 0.737. The second kappa shape index (κ2) is 5.47. The van der Waals surface area contributed by atoms with Crippen molar-refractivity contribution in [1.82, 2.24) is 0 Å². The topological polar surface area (TPSA) is 18.5 Å². The molecule has 0 aromatic heterocycles. The summed E-state index contributed by atoms with van der Waals surface area (Å²) in [5, 5.41) is 0. The van der Waals surface area contributed by atoms with Crippen molar-refractivity contribution in [3.63, 3.8) is 0 Å². The van der Waals surface area contributed by atoms with E-state index in [4.69, 9.17) is 9.47 Å². The standard InChI is InChI=1S/C11H15FO2/c1-3-4-7-14-11-8-9(12)5-6-10(11)13-2/h5-6,8H,3-4,7H2,1-2H3. The lowest BCUT2D eigenvalue weighted by molar-refractivity contribution is 0.286. The van der Waals surface area contributed by atoms with Crippen molar-refractivity contribution in [3.05, 3.63) is 24.0 Å². The summed E-state index contributed by atoms with van der Waals surface area (Å²) < 4.78 is 23.3. The summed E-state index contributed by atoms with van der Waals surface area (Å²) in [6, 6.07) is 4.26. The zero-order valence-corrected chi connectivity index (χ0v) is 8.55. The maximum atomic E-state index is 12.9. The Morgan fingerprint density at radius 1 is 1.29 bits per heavy atom. The molecule has 1 rings (SSSR count). The molecule has 2 nitrogen and oxygen atoms in total. The molecule has 0 heterocycles. The molecule has 0 bridgehead atoms. The van der Waals surface area contributed by atoms with Crippen molar-refractivity contribution >= 4 is 0 Å². The van der Waals surface area contributed by atoms with E-state index in [2.05, 4.69) is 6.92 Å². The first-order valence-corrected chi connectivity index (χ1v) is 4.74. The van der Waals surface area contributed by atoms with Gasteiger partial charge in [-0.05, 0) is 18.6 Å². The number of halogens is 1. The van der Waals surface area contributed by atoms with E-state index in [1.54, 1.807) is 13.2 Å². The predicted octanol–water partition coefficient (Wildman–Crippen LogP) is 3.01. The molecule has 0 aliphatic rings. The van der Waals surface area contributed by atoms with Crippen LogP contribution in [0.2, 0.25) is 0 Å². The van der Waals surface area contributed by atoms with E-state index in [-0.39, 0.29) is 5.82 Å². The summed E-state index contributed by atoms with van der Waals surface area (Å²) in [6.45, 7) is 2.67. The summed E-state index contributed by atoms with van der Waals surface area (Å²) in [4.78, 5) is 0. The van der Waals surface area contributed by atoms with Gasteiger partial charge in [0.25, 0.3) is 0 Å². The van der Waals surface area contributed by atoms with Gasteiger partial charge in [-0.3, -0.25) is 0 Å². The largest absolute Gasteiger partial charge is 0.493 e. The molecule has 1 aromatic carbocycles. The van der Waals surface area contributed by atoms with Gasteiger partial charge in [0.2, 0.25) is 0 Å². The molecule has 14 heavy (non-hydrogen) atoms. The van der Waals surface area contributed by atoms with Crippen LogP contribution in [0.15, 0.2) is 18.2 Å². The highest BCUT2D eigenvalue weighted by molar-refractivity contribution is 5.39. The van der Waals surface area contributed by atoms with Gasteiger partial charge >= 0.3 is 0 Å². The minimum absolute atomic E-state index is 0.308. The number of benzene rings is 1. The van der Waals surface area contributed by atoms with Gasteiger partial charge in [0.05, 0.1) is 13.7 Å². The van der Waals surface area contributed by atoms with Crippen molar-refractivity contribution in [1.29, 1.82) is 0 Å². The fourth-order valence-electron chi connectivity index (χ4n) is 1.09. The average molecular weight is 198 g/mol. The number of methoxy groups -OCH3 is 1. The lowest BCUT2D eigenvalue weighted by Gasteiger charge is -2.09. The van der Waals surface area contributed by atoms with E-state index in [0.717, 1.165) is 12.8 Å². The van der Waals surface area contributed by atoms with E-state index < -0.39 is 0 Å². The SMILES string of the molecule is CCCCOc1cc(F)ccc1OC. The third-order valence-corrected chi connectivity index (χ3v) is 1.88. The van der Waals surface area contributed by atoms with Gasteiger partial charge in [-0.15, -0.1) is 0 Å². The molecule has 0 saturated heterocycles. The minimum atomic E-state index is -0.308. The lowest BCUT2D eigenvalue weighted by atomic mass is 10.3. The van der Waals surface area contributed by atoms with Crippen LogP contribution < -0.4 is 9.47 Å². The summed E-state index contributed by atoms with van der Waals surface area (Å²) in [6.07, 6.45) is 2.01. The van der Waals surface area contributed by atoms with Crippen LogP contribution >= 0.6 is 0 Å². The summed E-state index contributed by atoms with van der Waals surface area (Å²) >= 11 is 0. The highest BCUT2D eigenvalue weighted by atomic mass is 19.1. The molecule has 3 heteroatoms. The minimum Gasteiger partial charge on any atom is -0.493 e. The van der Waals surface area contributed by atoms with Crippen LogP contribution in [0.1, 0.15) is 19.8 Å². The van der Waals surface area contributed by atoms with Crippen molar-refractivity contribution in [2.75, 3.05) is 13.7 Å². The van der Waals surface area contributed by atoms with Crippen LogP contribution in [-0.4, -0.2) is 13.7 Å². The van der Waals surface area contributed by atoms with Crippen LogP contribution in [0.3, 0.4) is 0 Å². The van der Waals surface area contributed by atoms with Crippen LogP contribution in [0.5, 0.6) is 11.5 Å². The first kappa shape index (κ1) is 10.8. The van der Waals surface area contributed by atoms with Crippen molar-refractivity contribution < 1.29 is 13.9 Å². The van der Waals surface area contributed by atoms with Gasteiger partial charge in [-0.2, -0.15) is 0 Å². The van der Waals surface area contributed by atoms with Gasteiger partial charge in [-0.1, -0.05) is 13.3 Å². The molecule has 0 radical (unpaired) electrons. The van der Waals surface area contributed by atoms with Crippen LogP contribution in [0.25, 0.3) is 0 Å². The Bertz CT molecular complexity index is 287. The third-order valence-electron chi connectivity index (χ3n) is 1.88. The zero-order valence-electron chi connectivity index (χ0n) is 8.55. The second-order valence-corrected chi connectivity index (χ2v) is 3.00. The molecule has 0 saturated carbocycles. The first-order valence-electron chi connectivity index (χ1n) is 4.74. The number of hydrogen-bond acceptors (Lipinski definition) is 2. The molecule has 0 amide bonds. The van der Waals surface area contributed by atoms with Gasteiger partial charge in [0, 0.05) is 6.07 Å². The lowest BCUT2D eigenvalue weighted by Crippen LogP contribution is -1.99. The van der Waals surface area contributed by atoms with E-state index in [1.807, 2.05) is 0 Å². The van der Waals surface area contributed by atoms with Crippen LogP contribution in [0, 0.1) is 5.82 Å². The normalized spacial score (nSPS) is 9.93. The molecule has 0 unspecified atom stereocenters. The number of ether oxygens (including phenoxy) is 2. The fraction of sp³-hybridized carbons (Fsp3) is 0.455. The van der Waals surface area contributed by atoms with E-state index in [0.29, 0.717) is 18.1 Å². The Kier molecular flexibility index (Phi) is 4.23. The molecule has 0 aliphatic heterocycles. The molecule has 1 aromatic rings. The van der Waals surface area contributed by atoms with Crippen LogP contribution in [-0.2, 0) is 0 Å². The average Bonchev–Trinajstić information content (AvgIpc) is 2.19. The Labute approximate surface area is 83.6 Å². The molecular weight excluding hydrogens is 183 g/mol. The van der Waals surface area contributed by atoms with Crippen molar-refractivity contribution in [2.24, 2.45) is 0 Å². The second-order valence-electron chi connectivity index (χ2n) is 3.00. The smallest absolute Gasteiger partial charge is 0.164 e. The number of hydrogen-bond donors (Lipinski definition) is 0. The summed E-state index contributed by atoms with van der Waals surface area (Å²) in [5.41, 5.74) is 0. The highest BCUT2D eigenvalue weighted by Crippen LogP contribution is 2.27. The zero-order chi connectivity index (χ0) is 10.4. The van der Waals surface area contributed by atoms with Crippen molar-refractivity contribution in [3.8, 4) is 11.5 Å². The van der Waals surface area contributed by atoms with Gasteiger partial charge in [0.1, 0.15) is 5.82 Å². The number of unbranched alkanes of at least 4 members (excludes halogenated alkanes) is 1. The van der Waals surface area contributed by atoms with Crippen LogP contribution in [0.4, 0.5) is 4.39 Å². The van der Waals surface area contributed by atoms with Crippen molar-refractivity contribution in [2.45, 2.75) is 19.8 Å². The Hall–Kier alpha value is -1.25. The molecule has 0 atom stereocenters.